The van der Waals surface area contributed by atoms with Crippen LogP contribution in [0.4, 0.5) is 0 Å². The minimum absolute atomic E-state index is 0.00304. The van der Waals surface area contributed by atoms with E-state index in [1.165, 1.54) is 14.2 Å². The lowest BCUT2D eigenvalue weighted by atomic mass is 10.0. The van der Waals surface area contributed by atoms with E-state index < -0.39 is 14.3 Å². The Morgan fingerprint density at radius 1 is 1.22 bits per heavy atom. The van der Waals surface area contributed by atoms with Crippen LogP contribution in [0.1, 0.15) is 34.1 Å². The minimum atomic E-state index is -1.90. The van der Waals surface area contributed by atoms with Gasteiger partial charge in [-0.05, 0) is 34.7 Å². The molecule has 0 fully saturated rings. The van der Waals surface area contributed by atoms with Gasteiger partial charge >= 0.3 is 5.97 Å². The topological polar surface area (TPSA) is 44.8 Å². The van der Waals surface area contributed by atoms with E-state index in [4.69, 9.17) is 13.9 Å². The van der Waals surface area contributed by atoms with Gasteiger partial charge in [-0.15, -0.1) is 0 Å². The van der Waals surface area contributed by atoms with Crippen LogP contribution in [0.3, 0.4) is 0 Å². The zero-order valence-electron chi connectivity index (χ0n) is 15.6. The second kappa shape index (κ2) is 9.83. The quantitative estimate of drug-likeness (QED) is 0.169. The summed E-state index contributed by atoms with van der Waals surface area (Å²) in [6.07, 6.45) is 4.49. The first kappa shape index (κ1) is 22.7. The van der Waals surface area contributed by atoms with Gasteiger partial charge in [0.25, 0.3) is 0 Å². The maximum absolute atomic E-state index is 11.6. The Morgan fingerprint density at radius 3 is 2.17 bits per heavy atom. The van der Waals surface area contributed by atoms with Gasteiger partial charge in [-0.2, -0.15) is 0 Å². The van der Waals surface area contributed by atoms with Crippen molar-refractivity contribution in [2.45, 2.75) is 58.4 Å². The minimum Gasteiger partial charge on any atom is -0.490 e. The Balaban J connectivity index is 5.33. The average molecular weight is 454 g/mol. The molecule has 0 radical (unpaired) electrons. The largest absolute Gasteiger partial charge is 0.490 e. The molecule has 0 aliphatic carbocycles. The molecule has 0 saturated carbocycles. The first-order chi connectivity index (χ1) is 10.5. The number of hydrogen-bond acceptors (Lipinski definition) is 4. The van der Waals surface area contributed by atoms with Gasteiger partial charge in [0.05, 0.1) is 20.3 Å². The normalized spacial score (nSPS) is 16.3. The van der Waals surface area contributed by atoms with Gasteiger partial charge in [0.1, 0.15) is 0 Å². The van der Waals surface area contributed by atoms with E-state index >= 15 is 0 Å². The molecular weight excluding hydrogens is 423 g/mol. The predicted octanol–water partition coefficient (Wildman–Crippen LogP) is 5.06. The molecule has 0 rings (SSSR count). The number of methoxy groups -OCH3 is 2. The Kier molecular flexibility index (Phi) is 9.69. The molecule has 0 amide bonds. The van der Waals surface area contributed by atoms with E-state index in [1.54, 1.807) is 6.08 Å². The van der Waals surface area contributed by atoms with Crippen LogP contribution in [0.25, 0.3) is 0 Å². The first-order valence-electron chi connectivity index (χ1n) is 7.77. The summed E-state index contributed by atoms with van der Waals surface area (Å²) in [5.41, 5.74) is 0. The van der Waals surface area contributed by atoms with Crippen LogP contribution < -0.4 is 0 Å². The molecule has 2 atom stereocenters. The van der Waals surface area contributed by atoms with Gasteiger partial charge in [0, 0.05) is 5.92 Å². The second-order valence-electron chi connectivity index (χ2n) is 7.09. The number of rotatable bonds is 8. The summed E-state index contributed by atoms with van der Waals surface area (Å²) < 4.78 is 18.4. The molecule has 23 heavy (non-hydrogen) atoms. The lowest BCUT2D eigenvalue weighted by molar-refractivity contribution is -0.139. The Morgan fingerprint density at radius 2 is 1.78 bits per heavy atom. The summed E-state index contributed by atoms with van der Waals surface area (Å²) in [6, 6.07) is 0. The maximum atomic E-state index is 11.6. The van der Waals surface area contributed by atoms with Gasteiger partial charge in [-0.1, -0.05) is 56.4 Å². The molecule has 4 nitrogen and oxygen atoms in total. The molecule has 134 valence electrons. The highest BCUT2D eigenvalue weighted by molar-refractivity contribution is 14.1. The lowest BCUT2D eigenvalue weighted by Crippen LogP contribution is -2.45. The number of hydrogen-bond donors (Lipinski definition) is 0. The summed E-state index contributed by atoms with van der Waals surface area (Å²) in [5.74, 6) is 0.00526. The average Bonchev–Trinajstić information content (AvgIpc) is 2.45. The number of carbonyl (C=O) groups is 1. The summed E-state index contributed by atoms with van der Waals surface area (Å²) in [7, 11) is 0.920. The summed E-state index contributed by atoms with van der Waals surface area (Å²) in [5, 5.41) is 0.134. The fourth-order valence-electron chi connectivity index (χ4n) is 1.74. The van der Waals surface area contributed by atoms with E-state index in [0.29, 0.717) is 6.42 Å². The van der Waals surface area contributed by atoms with Gasteiger partial charge < -0.3 is 13.9 Å². The molecule has 0 aromatic carbocycles. The molecule has 0 spiro atoms. The van der Waals surface area contributed by atoms with Crippen LogP contribution in [-0.4, -0.2) is 34.6 Å². The van der Waals surface area contributed by atoms with E-state index in [0.717, 1.165) is 0 Å². The zero-order valence-corrected chi connectivity index (χ0v) is 18.8. The summed E-state index contributed by atoms with van der Waals surface area (Å²) in [6.45, 7) is 13.3. The maximum Gasteiger partial charge on any atom is 0.372 e. The standard InChI is InChI=1S/C17H31IO4Si/c1-13(11-12-18)14(22-23(7,8)17(2,3)4)9-10-15(20-5)16(19)21-6/h10-14H,9H2,1-8H3/b12-11-,15-10+/t13-,14-/m0/s1. The van der Waals surface area contributed by atoms with Crippen molar-refractivity contribution in [3.05, 3.63) is 22.0 Å². The first-order valence-corrected chi connectivity index (χ1v) is 11.9. The van der Waals surface area contributed by atoms with E-state index in [-0.39, 0.29) is 22.8 Å². The molecule has 0 saturated heterocycles. The monoisotopic (exact) mass is 454 g/mol. The number of esters is 1. The molecular formula is C17H31IO4Si. The second-order valence-corrected chi connectivity index (χ2v) is 12.6. The molecule has 0 aromatic heterocycles. The third kappa shape index (κ3) is 7.39. The van der Waals surface area contributed by atoms with Crippen LogP contribution in [0.2, 0.25) is 18.1 Å². The molecule has 0 aliphatic heterocycles. The number of carbonyl (C=O) groups excluding carboxylic acids is 1. The Bertz CT molecular complexity index is 438. The Hall–Kier alpha value is -0.343. The van der Waals surface area contributed by atoms with Crippen LogP contribution in [0.5, 0.6) is 0 Å². The van der Waals surface area contributed by atoms with Crippen molar-refractivity contribution >= 4 is 36.9 Å². The van der Waals surface area contributed by atoms with Crippen LogP contribution in [0.15, 0.2) is 22.0 Å². The van der Waals surface area contributed by atoms with Gasteiger partial charge in [-0.3, -0.25) is 0 Å². The van der Waals surface area contributed by atoms with Crippen LogP contribution in [-0.2, 0) is 18.7 Å². The number of ether oxygens (including phenoxy) is 2. The van der Waals surface area contributed by atoms with Gasteiger partial charge in [0.2, 0.25) is 0 Å². The van der Waals surface area contributed by atoms with Crippen molar-refractivity contribution in [1.82, 2.24) is 0 Å². The SMILES string of the molecule is COC(=O)/C(=C\C[C@H](O[Si](C)(C)C(C)(C)C)[C@@H](C)/C=C\I)OC. The van der Waals surface area contributed by atoms with E-state index in [9.17, 15) is 4.79 Å². The molecule has 6 heteroatoms. The third-order valence-electron chi connectivity index (χ3n) is 4.36. The van der Waals surface area contributed by atoms with Crippen molar-refractivity contribution in [2.24, 2.45) is 5.92 Å². The highest BCUT2D eigenvalue weighted by Gasteiger charge is 2.39. The van der Waals surface area contributed by atoms with Crippen molar-refractivity contribution in [3.63, 3.8) is 0 Å². The highest BCUT2D eigenvalue weighted by atomic mass is 127. The smallest absolute Gasteiger partial charge is 0.372 e. The fraction of sp³-hybridized carbons (Fsp3) is 0.706. The fourth-order valence-corrected chi connectivity index (χ4v) is 3.81. The summed E-state index contributed by atoms with van der Waals surface area (Å²) in [4.78, 5) is 11.6. The van der Waals surface area contributed by atoms with Crippen molar-refractivity contribution in [3.8, 4) is 0 Å². The lowest BCUT2D eigenvalue weighted by Gasteiger charge is -2.40. The molecule has 0 bridgehead atoms. The van der Waals surface area contributed by atoms with Crippen molar-refractivity contribution in [1.29, 1.82) is 0 Å². The zero-order chi connectivity index (χ0) is 18.3. The number of halogens is 1. The molecule has 0 heterocycles. The van der Waals surface area contributed by atoms with E-state index in [1.807, 2.05) is 4.08 Å². The molecule has 0 N–H and O–H groups in total. The molecule has 0 unspecified atom stereocenters. The van der Waals surface area contributed by atoms with Gasteiger partial charge in [-0.25, -0.2) is 4.79 Å². The van der Waals surface area contributed by atoms with Crippen LogP contribution in [0, 0.1) is 5.92 Å². The van der Waals surface area contributed by atoms with E-state index in [2.05, 4.69) is 69.5 Å². The predicted molar refractivity (Wildman–Crippen MR) is 106 cm³/mol. The summed E-state index contributed by atoms with van der Waals surface area (Å²) >= 11 is 2.22. The molecule has 0 aliphatic rings. The Labute approximate surface area is 155 Å². The van der Waals surface area contributed by atoms with Gasteiger partial charge in [0.15, 0.2) is 14.1 Å². The highest BCUT2D eigenvalue weighted by Crippen LogP contribution is 2.38. The third-order valence-corrected chi connectivity index (χ3v) is 9.28. The van der Waals surface area contributed by atoms with Crippen molar-refractivity contribution in [2.75, 3.05) is 14.2 Å². The van der Waals surface area contributed by atoms with Crippen LogP contribution >= 0.6 is 22.6 Å². The van der Waals surface area contributed by atoms with Crippen molar-refractivity contribution < 1.29 is 18.7 Å². The molecule has 0 aromatic rings.